The van der Waals surface area contributed by atoms with E-state index in [-0.39, 0.29) is 0 Å². The van der Waals surface area contributed by atoms with Gasteiger partial charge in [-0.25, -0.2) is 0 Å². The van der Waals surface area contributed by atoms with Gasteiger partial charge in [-0.05, 0) is 45.0 Å². The Labute approximate surface area is 188 Å². The quantitative estimate of drug-likeness (QED) is 0.300. The summed E-state index contributed by atoms with van der Waals surface area (Å²) in [7, 11) is 0. The summed E-state index contributed by atoms with van der Waals surface area (Å²) in [4.78, 5) is 0. The molecule has 0 bridgehead atoms. The zero-order valence-electron chi connectivity index (χ0n) is 17.7. The molecular weight excluding hydrogens is 388 g/mol. The van der Waals surface area contributed by atoms with E-state index < -0.39 is 0 Å². The minimum Gasteiger partial charge on any atom is -0.397 e. The second-order valence-electron chi connectivity index (χ2n) is 7.81. The van der Waals surface area contributed by atoms with Crippen molar-refractivity contribution in [2.24, 2.45) is 0 Å². The number of para-hydroxylation sites is 1. The van der Waals surface area contributed by atoms with Gasteiger partial charge < -0.3 is 11.5 Å². The van der Waals surface area contributed by atoms with E-state index in [1.807, 2.05) is 30.3 Å². The zero-order valence-corrected chi connectivity index (χ0v) is 17.7. The largest absolute Gasteiger partial charge is 0.397 e. The topological polar surface area (TPSA) is 52.0 Å². The van der Waals surface area contributed by atoms with E-state index in [4.69, 9.17) is 11.5 Å². The van der Waals surface area contributed by atoms with Gasteiger partial charge in [-0.15, -0.1) is 0 Å². The second-order valence-corrected chi connectivity index (χ2v) is 7.81. The van der Waals surface area contributed by atoms with Gasteiger partial charge in [0.05, 0.1) is 11.4 Å². The van der Waals surface area contributed by atoms with E-state index in [2.05, 4.69) is 91.0 Å². The summed E-state index contributed by atoms with van der Waals surface area (Å²) in [6.45, 7) is 0. The van der Waals surface area contributed by atoms with Crippen LogP contribution >= 0.6 is 0 Å². The first-order valence-electron chi connectivity index (χ1n) is 10.7. The van der Waals surface area contributed by atoms with Crippen molar-refractivity contribution >= 4 is 11.4 Å². The summed E-state index contributed by atoms with van der Waals surface area (Å²) < 4.78 is 0. The van der Waals surface area contributed by atoms with Crippen LogP contribution in [0.2, 0.25) is 0 Å². The van der Waals surface area contributed by atoms with Crippen molar-refractivity contribution in [3.63, 3.8) is 0 Å². The highest BCUT2D eigenvalue weighted by molar-refractivity contribution is 5.98. The Morgan fingerprint density at radius 2 is 0.688 bits per heavy atom. The molecule has 32 heavy (non-hydrogen) atoms. The minimum atomic E-state index is 0.597. The zero-order chi connectivity index (χ0) is 21.9. The van der Waals surface area contributed by atoms with Crippen LogP contribution in [0.1, 0.15) is 0 Å². The van der Waals surface area contributed by atoms with Gasteiger partial charge in [0.1, 0.15) is 0 Å². The molecule has 0 heterocycles. The third-order valence-electron chi connectivity index (χ3n) is 5.88. The summed E-state index contributed by atoms with van der Waals surface area (Å²) in [6.07, 6.45) is 0. The van der Waals surface area contributed by atoms with Crippen molar-refractivity contribution in [2.45, 2.75) is 0 Å². The Hall–Kier alpha value is -4.30. The van der Waals surface area contributed by atoms with E-state index in [9.17, 15) is 0 Å². The van der Waals surface area contributed by atoms with Gasteiger partial charge in [-0.3, -0.25) is 0 Å². The number of anilines is 2. The van der Waals surface area contributed by atoms with Crippen LogP contribution in [0.4, 0.5) is 11.4 Å². The number of hydrogen-bond acceptors (Lipinski definition) is 2. The van der Waals surface area contributed by atoms with Gasteiger partial charge in [-0.1, -0.05) is 115 Å². The van der Waals surface area contributed by atoms with Crippen LogP contribution in [0.15, 0.2) is 121 Å². The highest BCUT2D eigenvalue weighted by Gasteiger charge is 2.16. The standard InChI is InChI=1S/C30H24N2/c31-29-20-10-19-28(30(29)32)27-18-9-8-17-26(27)25-16-7-6-15-24(25)23-14-5-4-13-22(23)21-11-2-1-3-12-21/h1-20H,31-32H2. The maximum Gasteiger partial charge on any atom is 0.0627 e. The number of nitrogens with two attached hydrogens (primary N) is 2. The summed E-state index contributed by atoms with van der Waals surface area (Å²) in [5.41, 5.74) is 22.8. The van der Waals surface area contributed by atoms with Crippen LogP contribution in [-0.4, -0.2) is 0 Å². The van der Waals surface area contributed by atoms with Gasteiger partial charge in [0.2, 0.25) is 0 Å². The molecule has 0 aliphatic carbocycles. The minimum absolute atomic E-state index is 0.597. The van der Waals surface area contributed by atoms with Crippen molar-refractivity contribution in [1.29, 1.82) is 0 Å². The van der Waals surface area contributed by atoms with Crippen molar-refractivity contribution in [3.8, 4) is 44.5 Å². The maximum atomic E-state index is 6.39. The van der Waals surface area contributed by atoms with Crippen molar-refractivity contribution < 1.29 is 0 Å². The molecule has 0 atom stereocenters. The number of nitrogen functional groups attached to an aromatic ring is 2. The molecule has 4 N–H and O–H groups in total. The average molecular weight is 413 g/mol. The van der Waals surface area contributed by atoms with Gasteiger partial charge in [0, 0.05) is 5.56 Å². The predicted octanol–water partition coefficient (Wildman–Crippen LogP) is 7.52. The van der Waals surface area contributed by atoms with Crippen molar-refractivity contribution in [2.75, 3.05) is 11.5 Å². The highest BCUT2D eigenvalue weighted by Crippen LogP contribution is 2.42. The predicted molar refractivity (Wildman–Crippen MR) is 137 cm³/mol. The highest BCUT2D eigenvalue weighted by atomic mass is 14.7. The van der Waals surface area contributed by atoms with Crippen molar-refractivity contribution in [3.05, 3.63) is 121 Å². The first kappa shape index (κ1) is 19.7. The Bertz CT molecular complexity index is 1390. The summed E-state index contributed by atoms with van der Waals surface area (Å²) in [5, 5.41) is 0. The number of rotatable bonds is 4. The lowest BCUT2D eigenvalue weighted by atomic mass is 9.86. The van der Waals surface area contributed by atoms with Gasteiger partial charge >= 0.3 is 0 Å². The van der Waals surface area contributed by atoms with Crippen LogP contribution in [0.5, 0.6) is 0 Å². The molecule has 2 nitrogen and oxygen atoms in total. The van der Waals surface area contributed by atoms with E-state index in [0.29, 0.717) is 11.4 Å². The van der Waals surface area contributed by atoms with Gasteiger partial charge in [-0.2, -0.15) is 0 Å². The molecule has 0 aromatic heterocycles. The van der Waals surface area contributed by atoms with Crippen LogP contribution in [-0.2, 0) is 0 Å². The van der Waals surface area contributed by atoms with E-state index >= 15 is 0 Å². The van der Waals surface area contributed by atoms with E-state index in [0.717, 1.165) is 22.3 Å². The van der Waals surface area contributed by atoms with E-state index in [1.165, 1.54) is 22.3 Å². The summed E-state index contributed by atoms with van der Waals surface area (Å²) in [5.74, 6) is 0. The Balaban J connectivity index is 1.74. The number of benzene rings is 5. The Kier molecular flexibility index (Phi) is 5.19. The first-order valence-corrected chi connectivity index (χ1v) is 10.7. The Morgan fingerprint density at radius 3 is 1.22 bits per heavy atom. The van der Waals surface area contributed by atoms with E-state index in [1.54, 1.807) is 0 Å². The molecule has 5 aromatic carbocycles. The molecule has 5 aromatic rings. The van der Waals surface area contributed by atoms with Crippen LogP contribution < -0.4 is 11.5 Å². The third-order valence-corrected chi connectivity index (χ3v) is 5.88. The molecule has 0 unspecified atom stereocenters. The molecule has 0 fully saturated rings. The lowest BCUT2D eigenvalue weighted by molar-refractivity contribution is 1.55. The van der Waals surface area contributed by atoms with Gasteiger partial charge in [0.15, 0.2) is 0 Å². The average Bonchev–Trinajstić information content (AvgIpc) is 2.86. The summed E-state index contributed by atoms with van der Waals surface area (Å²) >= 11 is 0. The molecule has 0 amide bonds. The molecule has 0 saturated carbocycles. The van der Waals surface area contributed by atoms with Crippen LogP contribution in [0.25, 0.3) is 44.5 Å². The fourth-order valence-electron chi connectivity index (χ4n) is 4.31. The number of hydrogen-bond donors (Lipinski definition) is 2. The second kappa shape index (κ2) is 8.44. The molecule has 154 valence electrons. The molecule has 2 heteroatoms. The molecule has 0 aliphatic rings. The lowest BCUT2D eigenvalue weighted by Crippen LogP contribution is -1.98. The molecule has 5 rings (SSSR count). The fourth-order valence-corrected chi connectivity index (χ4v) is 4.31. The molecule has 0 aliphatic heterocycles. The normalized spacial score (nSPS) is 10.8. The smallest absolute Gasteiger partial charge is 0.0627 e. The van der Waals surface area contributed by atoms with Crippen LogP contribution in [0.3, 0.4) is 0 Å². The van der Waals surface area contributed by atoms with Gasteiger partial charge in [0.25, 0.3) is 0 Å². The monoisotopic (exact) mass is 412 g/mol. The molecule has 0 saturated heterocycles. The summed E-state index contributed by atoms with van der Waals surface area (Å²) in [6, 6.07) is 41.8. The molecule has 0 spiro atoms. The van der Waals surface area contributed by atoms with Crippen molar-refractivity contribution in [1.82, 2.24) is 0 Å². The van der Waals surface area contributed by atoms with Crippen LogP contribution in [0, 0.1) is 0 Å². The molecular formula is C30H24N2. The third kappa shape index (κ3) is 3.52. The first-order chi connectivity index (χ1) is 15.7. The fraction of sp³-hybridized carbons (Fsp3) is 0. The maximum absolute atomic E-state index is 6.39. The Morgan fingerprint density at radius 1 is 0.312 bits per heavy atom. The lowest BCUT2D eigenvalue weighted by Gasteiger charge is -2.18. The molecule has 0 radical (unpaired) electrons. The SMILES string of the molecule is Nc1cccc(-c2ccccc2-c2ccccc2-c2ccccc2-c2ccccc2)c1N.